The normalized spacial score (nSPS) is 10.8. The topological polar surface area (TPSA) is 47.8 Å². The van der Waals surface area contributed by atoms with Crippen LogP contribution in [0.3, 0.4) is 0 Å². The molecule has 0 spiro atoms. The monoisotopic (exact) mass is 423 g/mol. The van der Waals surface area contributed by atoms with Crippen LogP contribution in [0.1, 0.15) is 10.4 Å². The molecule has 7 heteroatoms. The summed E-state index contributed by atoms with van der Waals surface area (Å²) in [6, 6.07) is 22.6. The summed E-state index contributed by atoms with van der Waals surface area (Å²) in [4.78, 5) is 12.5. The van der Waals surface area contributed by atoms with Crippen LogP contribution < -0.4 is 0 Å². The van der Waals surface area contributed by atoms with Crippen molar-refractivity contribution in [3.63, 3.8) is 0 Å². The van der Waals surface area contributed by atoms with Gasteiger partial charge in [-0.15, -0.1) is 10.2 Å². The van der Waals surface area contributed by atoms with E-state index in [1.807, 2.05) is 30.3 Å². The molecule has 0 fully saturated rings. The second-order valence-corrected chi connectivity index (χ2v) is 7.55. The lowest BCUT2D eigenvalue weighted by Gasteiger charge is -2.10. The lowest BCUT2D eigenvalue weighted by Crippen LogP contribution is -2.05. The summed E-state index contributed by atoms with van der Waals surface area (Å²) < 4.78 is 16.2. The van der Waals surface area contributed by atoms with E-state index >= 15 is 0 Å². The SMILES string of the molecule is O=C(CSc1nnc(-c2ccccc2F)n1-c1ccccc1)c1ccc(Cl)cc1. The summed E-state index contributed by atoms with van der Waals surface area (Å²) in [5.41, 5.74) is 1.71. The average Bonchev–Trinajstić information content (AvgIpc) is 3.17. The van der Waals surface area contributed by atoms with Crippen molar-refractivity contribution in [2.24, 2.45) is 0 Å². The minimum atomic E-state index is -0.383. The molecular formula is C22H15ClFN3OS. The molecule has 1 aromatic heterocycles. The first-order valence-corrected chi connectivity index (χ1v) is 10.2. The Labute approximate surface area is 176 Å². The zero-order valence-corrected chi connectivity index (χ0v) is 16.7. The predicted octanol–water partition coefficient (Wildman–Crippen LogP) is 5.70. The van der Waals surface area contributed by atoms with Gasteiger partial charge in [0.05, 0.1) is 11.3 Å². The maximum Gasteiger partial charge on any atom is 0.196 e. The van der Waals surface area contributed by atoms with Crippen molar-refractivity contribution in [2.45, 2.75) is 5.16 Å². The molecule has 144 valence electrons. The fourth-order valence-corrected chi connectivity index (χ4v) is 3.81. The largest absolute Gasteiger partial charge is 0.293 e. The number of Topliss-reactive ketones (excluding diaryl/α,β-unsaturated/α-hetero) is 1. The molecule has 29 heavy (non-hydrogen) atoms. The number of nitrogens with zero attached hydrogens (tertiary/aromatic N) is 3. The van der Waals surface area contributed by atoms with E-state index in [0.717, 1.165) is 5.69 Å². The highest BCUT2D eigenvalue weighted by atomic mass is 35.5. The van der Waals surface area contributed by atoms with Gasteiger partial charge in [0.25, 0.3) is 0 Å². The van der Waals surface area contributed by atoms with Crippen LogP contribution in [0.2, 0.25) is 5.02 Å². The average molecular weight is 424 g/mol. The molecule has 4 nitrogen and oxygen atoms in total. The summed E-state index contributed by atoms with van der Waals surface area (Å²) >= 11 is 7.14. The molecule has 0 radical (unpaired) electrons. The molecule has 0 atom stereocenters. The van der Waals surface area contributed by atoms with Crippen LogP contribution in [-0.2, 0) is 0 Å². The lowest BCUT2D eigenvalue weighted by molar-refractivity contribution is 0.102. The number of carbonyl (C=O) groups is 1. The molecule has 0 N–H and O–H groups in total. The van der Waals surface area contributed by atoms with E-state index in [1.54, 1.807) is 47.0 Å². The van der Waals surface area contributed by atoms with Crippen LogP contribution in [0.25, 0.3) is 17.1 Å². The number of aromatic nitrogens is 3. The number of thioether (sulfide) groups is 1. The Hall–Kier alpha value is -2.96. The van der Waals surface area contributed by atoms with Crippen molar-refractivity contribution in [3.8, 4) is 17.1 Å². The third-order valence-electron chi connectivity index (χ3n) is 4.26. The Morgan fingerprint density at radius 3 is 2.34 bits per heavy atom. The van der Waals surface area contributed by atoms with Crippen LogP contribution in [0.15, 0.2) is 84.0 Å². The zero-order chi connectivity index (χ0) is 20.2. The van der Waals surface area contributed by atoms with Gasteiger partial charge in [-0.3, -0.25) is 9.36 Å². The number of carbonyl (C=O) groups excluding carboxylic acids is 1. The number of hydrogen-bond acceptors (Lipinski definition) is 4. The minimum absolute atomic E-state index is 0.0540. The van der Waals surface area contributed by atoms with Crippen LogP contribution in [0, 0.1) is 5.82 Å². The first kappa shape index (κ1) is 19.4. The Morgan fingerprint density at radius 2 is 1.62 bits per heavy atom. The van der Waals surface area contributed by atoms with Crippen molar-refractivity contribution in [1.29, 1.82) is 0 Å². The lowest BCUT2D eigenvalue weighted by atomic mass is 10.1. The van der Waals surface area contributed by atoms with Crippen LogP contribution in [0.5, 0.6) is 0 Å². The maximum absolute atomic E-state index is 14.4. The quantitative estimate of drug-likeness (QED) is 0.295. The highest BCUT2D eigenvalue weighted by molar-refractivity contribution is 7.99. The van der Waals surface area contributed by atoms with Gasteiger partial charge in [0.15, 0.2) is 16.8 Å². The molecule has 0 saturated heterocycles. The highest BCUT2D eigenvalue weighted by Crippen LogP contribution is 2.29. The molecule has 0 aliphatic rings. The Morgan fingerprint density at radius 1 is 0.931 bits per heavy atom. The second-order valence-electron chi connectivity index (χ2n) is 6.18. The third-order valence-corrected chi connectivity index (χ3v) is 5.44. The van der Waals surface area contributed by atoms with E-state index in [9.17, 15) is 9.18 Å². The van der Waals surface area contributed by atoms with Gasteiger partial charge in [0, 0.05) is 16.3 Å². The Kier molecular flexibility index (Phi) is 5.74. The third kappa shape index (κ3) is 4.23. The maximum atomic E-state index is 14.4. The van der Waals surface area contributed by atoms with Gasteiger partial charge in [0.2, 0.25) is 0 Å². The van der Waals surface area contributed by atoms with Crippen molar-refractivity contribution < 1.29 is 9.18 Å². The first-order chi connectivity index (χ1) is 14.1. The highest BCUT2D eigenvalue weighted by Gasteiger charge is 2.19. The van der Waals surface area contributed by atoms with E-state index in [4.69, 9.17) is 11.6 Å². The van der Waals surface area contributed by atoms with Crippen molar-refractivity contribution in [2.75, 3.05) is 5.75 Å². The van der Waals surface area contributed by atoms with Gasteiger partial charge in [-0.2, -0.15) is 0 Å². The van der Waals surface area contributed by atoms with Crippen LogP contribution in [0.4, 0.5) is 4.39 Å². The molecule has 1 heterocycles. The first-order valence-electron chi connectivity index (χ1n) is 8.81. The van der Waals surface area contributed by atoms with Gasteiger partial charge in [0.1, 0.15) is 5.82 Å². The Balaban J connectivity index is 1.68. The summed E-state index contributed by atoms with van der Waals surface area (Å²) in [5, 5.41) is 9.52. The molecule has 0 saturated carbocycles. The number of para-hydroxylation sites is 1. The Bertz CT molecular complexity index is 1150. The summed E-state index contributed by atoms with van der Waals surface area (Å²) in [6.45, 7) is 0. The van der Waals surface area contributed by atoms with E-state index in [-0.39, 0.29) is 17.4 Å². The predicted molar refractivity (Wildman–Crippen MR) is 113 cm³/mol. The molecule has 0 bridgehead atoms. The number of benzene rings is 3. The van der Waals surface area contributed by atoms with E-state index in [1.165, 1.54) is 17.8 Å². The molecule has 0 unspecified atom stereocenters. The van der Waals surface area contributed by atoms with Gasteiger partial charge in [-0.1, -0.05) is 53.7 Å². The fourth-order valence-electron chi connectivity index (χ4n) is 2.84. The minimum Gasteiger partial charge on any atom is -0.293 e. The van der Waals surface area contributed by atoms with Crippen molar-refractivity contribution in [1.82, 2.24) is 14.8 Å². The van der Waals surface area contributed by atoms with Gasteiger partial charge in [-0.25, -0.2) is 4.39 Å². The van der Waals surface area contributed by atoms with Crippen molar-refractivity contribution in [3.05, 3.63) is 95.3 Å². The van der Waals surface area contributed by atoms with Crippen LogP contribution >= 0.6 is 23.4 Å². The number of rotatable bonds is 6. The molecule has 0 aliphatic carbocycles. The molecule has 4 rings (SSSR count). The van der Waals surface area contributed by atoms with Gasteiger partial charge < -0.3 is 0 Å². The van der Waals surface area contributed by atoms with E-state index < -0.39 is 0 Å². The number of hydrogen-bond donors (Lipinski definition) is 0. The van der Waals surface area contributed by atoms with E-state index in [2.05, 4.69) is 10.2 Å². The van der Waals surface area contributed by atoms with E-state index in [0.29, 0.717) is 27.1 Å². The molecule has 0 aliphatic heterocycles. The van der Waals surface area contributed by atoms with Crippen LogP contribution in [-0.4, -0.2) is 26.3 Å². The fraction of sp³-hybridized carbons (Fsp3) is 0.0455. The number of ketones is 1. The smallest absolute Gasteiger partial charge is 0.196 e. The zero-order valence-electron chi connectivity index (χ0n) is 15.1. The number of halogens is 2. The molecule has 0 amide bonds. The molecular weight excluding hydrogens is 409 g/mol. The van der Waals surface area contributed by atoms with Gasteiger partial charge >= 0.3 is 0 Å². The molecule has 3 aromatic carbocycles. The summed E-state index contributed by atoms with van der Waals surface area (Å²) in [7, 11) is 0. The van der Waals surface area contributed by atoms with Crippen molar-refractivity contribution >= 4 is 29.1 Å². The standard InChI is InChI=1S/C22H15ClFN3OS/c23-16-12-10-15(11-13-16)20(28)14-29-22-26-25-21(18-8-4-5-9-19(18)24)27(22)17-6-2-1-3-7-17/h1-13H,14H2. The summed E-state index contributed by atoms with van der Waals surface area (Å²) in [6.07, 6.45) is 0. The second kappa shape index (κ2) is 8.59. The molecule has 4 aromatic rings. The summed E-state index contributed by atoms with van der Waals surface area (Å²) in [5.74, 6) is 0.118. The van der Waals surface area contributed by atoms with Gasteiger partial charge in [-0.05, 0) is 48.5 Å².